The van der Waals surface area contributed by atoms with Crippen molar-refractivity contribution in [3.8, 4) is 22.8 Å². The van der Waals surface area contributed by atoms with Crippen LogP contribution in [0.25, 0.3) is 27.4 Å². The normalized spacial score (nSPS) is 13.8. The first-order chi connectivity index (χ1) is 13.2. The van der Waals surface area contributed by atoms with Crippen LogP contribution in [0.2, 0.25) is 0 Å². The molecule has 136 valence electrons. The molecule has 0 aromatic carbocycles. The van der Waals surface area contributed by atoms with Crippen molar-refractivity contribution in [2.24, 2.45) is 5.92 Å². The van der Waals surface area contributed by atoms with Crippen LogP contribution in [0, 0.1) is 5.92 Å². The van der Waals surface area contributed by atoms with E-state index in [1.54, 1.807) is 32.0 Å². The molecule has 0 radical (unpaired) electrons. The van der Waals surface area contributed by atoms with E-state index in [2.05, 4.69) is 30.5 Å². The van der Waals surface area contributed by atoms with Gasteiger partial charge in [-0.25, -0.2) is 9.97 Å². The van der Waals surface area contributed by atoms with Crippen LogP contribution < -0.4 is 10.1 Å². The lowest BCUT2D eigenvalue weighted by molar-refractivity contribution is -0.117. The number of amides is 1. The fourth-order valence-electron chi connectivity index (χ4n) is 2.89. The molecular weight excluding hydrogens is 366 g/mol. The Bertz CT molecular complexity index is 1140. The Morgan fingerprint density at radius 2 is 2.26 bits per heavy atom. The third-order valence-electron chi connectivity index (χ3n) is 4.42. The number of nitrogens with zero attached hydrogens (tertiary/aromatic N) is 5. The number of rotatable bonds is 5. The Morgan fingerprint density at radius 1 is 1.37 bits per heavy atom. The smallest absolute Gasteiger partial charge is 0.229 e. The number of hydrogen-bond acceptors (Lipinski definition) is 7. The predicted molar refractivity (Wildman–Crippen MR) is 100 cm³/mol. The molecule has 0 saturated heterocycles. The summed E-state index contributed by atoms with van der Waals surface area (Å²) in [4.78, 5) is 24.8. The van der Waals surface area contributed by atoms with Crippen LogP contribution >= 0.6 is 11.3 Å². The van der Waals surface area contributed by atoms with Crippen LogP contribution in [0.3, 0.4) is 0 Å². The number of H-pyrrole nitrogens is 1. The average molecular weight is 381 g/mol. The van der Waals surface area contributed by atoms with E-state index in [-0.39, 0.29) is 11.8 Å². The van der Waals surface area contributed by atoms with Gasteiger partial charge in [-0.1, -0.05) is 11.3 Å². The van der Waals surface area contributed by atoms with Gasteiger partial charge in [-0.2, -0.15) is 5.10 Å². The summed E-state index contributed by atoms with van der Waals surface area (Å²) in [5, 5.41) is 10.8. The maximum absolute atomic E-state index is 12.0. The summed E-state index contributed by atoms with van der Waals surface area (Å²) in [5.41, 5.74) is 2.30. The number of carbonyl (C=O) groups is 1. The molecule has 27 heavy (non-hydrogen) atoms. The highest BCUT2D eigenvalue weighted by molar-refractivity contribution is 7.22. The number of aromatic nitrogens is 6. The summed E-state index contributed by atoms with van der Waals surface area (Å²) in [6, 6.07) is 1.87. The summed E-state index contributed by atoms with van der Waals surface area (Å²) in [5.74, 6) is 1.48. The predicted octanol–water partition coefficient (Wildman–Crippen LogP) is 2.62. The third-order valence-corrected chi connectivity index (χ3v) is 5.39. The van der Waals surface area contributed by atoms with Gasteiger partial charge in [-0.05, 0) is 18.9 Å². The highest BCUT2D eigenvalue weighted by Crippen LogP contribution is 2.35. The van der Waals surface area contributed by atoms with Crippen molar-refractivity contribution < 1.29 is 9.53 Å². The first kappa shape index (κ1) is 15.9. The molecule has 2 N–H and O–H groups in total. The largest absolute Gasteiger partial charge is 0.494 e. The summed E-state index contributed by atoms with van der Waals surface area (Å²) in [6.07, 6.45) is 8.70. The van der Waals surface area contributed by atoms with Gasteiger partial charge in [0.1, 0.15) is 16.8 Å². The lowest BCUT2D eigenvalue weighted by Crippen LogP contribution is -2.12. The SMILES string of the molecule is COc1cnccc1-c1cncn1-c1n[nH]c2nc(NC(=O)C3CC3)sc12. The lowest BCUT2D eigenvalue weighted by atomic mass is 10.2. The van der Waals surface area contributed by atoms with E-state index in [9.17, 15) is 4.79 Å². The van der Waals surface area contributed by atoms with Crippen LogP contribution in [0.1, 0.15) is 12.8 Å². The molecule has 10 heteroatoms. The zero-order chi connectivity index (χ0) is 18.4. The van der Waals surface area contributed by atoms with Gasteiger partial charge in [0.15, 0.2) is 16.6 Å². The van der Waals surface area contributed by atoms with E-state index in [1.807, 2.05) is 10.6 Å². The second-order valence-corrected chi connectivity index (χ2v) is 7.23. The van der Waals surface area contributed by atoms with E-state index in [1.165, 1.54) is 11.3 Å². The molecule has 4 aromatic heterocycles. The molecule has 0 spiro atoms. The highest BCUT2D eigenvalue weighted by Gasteiger charge is 2.30. The van der Waals surface area contributed by atoms with Crippen molar-refractivity contribution in [3.63, 3.8) is 0 Å². The van der Waals surface area contributed by atoms with Gasteiger partial charge >= 0.3 is 0 Å². The third kappa shape index (κ3) is 2.74. The maximum atomic E-state index is 12.0. The van der Waals surface area contributed by atoms with Gasteiger partial charge < -0.3 is 10.1 Å². The van der Waals surface area contributed by atoms with Gasteiger partial charge in [0.05, 0.1) is 25.2 Å². The Hall–Kier alpha value is -3.27. The standard InChI is InChI=1S/C17H15N7O2S/c1-26-12-7-18-5-4-10(12)11-6-19-8-24(11)15-13-14(22-23-15)20-17(27-13)21-16(25)9-2-3-9/h4-9H,2-3H2,1H3,(H2,20,21,22,23,25). The minimum absolute atomic E-state index is 0.0331. The molecule has 1 aliphatic rings. The zero-order valence-electron chi connectivity index (χ0n) is 14.3. The molecule has 0 atom stereocenters. The number of hydrogen-bond donors (Lipinski definition) is 2. The molecule has 1 amide bonds. The number of pyridine rings is 1. The average Bonchev–Trinajstić information content (AvgIpc) is 3.12. The Morgan fingerprint density at radius 3 is 3.07 bits per heavy atom. The van der Waals surface area contributed by atoms with Gasteiger partial charge in [0.2, 0.25) is 5.91 Å². The molecule has 0 bridgehead atoms. The summed E-state index contributed by atoms with van der Waals surface area (Å²) in [7, 11) is 1.60. The number of thiazole rings is 1. The first-order valence-electron chi connectivity index (χ1n) is 8.41. The number of fused-ring (bicyclic) bond motifs is 1. The number of imidazole rings is 1. The molecule has 1 saturated carbocycles. The van der Waals surface area contributed by atoms with Crippen LogP contribution in [-0.4, -0.2) is 42.7 Å². The van der Waals surface area contributed by atoms with Gasteiger partial charge in [0, 0.05) is 17.7 Å². The second-order valence-electron chi connectivity index (χ2n) is 6.23. The molecule has 4 heterocycles. The number of nitrogens with one attached hydrogen (secondary N) is 2. The van der Waals surface area contributed by atoms with Crippen LogP contribution in [0.5, 0.6) is 5.75 Å². The summed E-state index contributed by atoms with van der Waals surface area (Å²) in [6.45, 7) is 0. The Balaban J connectivity index is 1.56. The monoisotopic (exact) mass is 381 g/mol. The molecule has 9 nitrogen and oxygen atoms in total. The van der Waals surface area contributed by atoms with Crippen molar-refractivity contribution >= 4 is 32.7 Å². The van der Waals surface area contributed by atoms with Crippen molar-refractivity contribution in [2.75, 3.05) is 12.4 Å². The van der Waals surface area contributed by atoms with E-state index < -0.39 is 0 Å². The number of anilines is 1. The number of carbonyl (C=O) groups excluding carboxylic acids is 1. The Kier molecular flexibility index (Phi) is 3.64. The topological polar surface area (TPSA) is 111 Å². The van der Waals surface area contributed by atoms with Crippen LogP contribution in [0.15, 0.2) is 31.0 Å². The van der Waals surface area contributed by atoms with Crippen molar-refractivity contribution in [1.82, 2.24) is 29.7 Å². The van der Waals surface area contributed by atoms with Crippen molar-refractivity contribution in [1.29, 1.82) is 0 Å². The van der Waals surface area contributed by atoms with E-state index in [0.717, 1.165) is 28.8 Å². The molecule has 4 aromatic rings. The second kappa shape index (κ2) is 6.16. The van der Waals surface area contributed by atoms with Crippen molar-refractivity contribution in [3.05, 3.63) is 31.0 Å². The van der Waals surface area contributed by atoms with Gasteiger partial charge in [0.25, 0.3) is 0 Å². The maximum Gasteiger partial charge on any atom is 0.229 e. The van der Waals surface area contributed by atoms with Crippen molar-refractivity contribution in [2.45, 2.75) is 12.8 Å². The minimum Gasteiger partial charge on any atom is -0.494 e. The fourth-order valence-corrected chi connectivity index (χ4v) is 3.80. The number of aromatic amines is 1. The minimum atomic E-state index is 0.0331. The van der Waals surface area contributed by atoms with Crippen LogP contribution in [0.4, 0.5) is 5.13 Å². The summed E-state index contributed by atoms with van der Waals surface area (Å²) >= 11 is 1.39. The molecule has 0 aliphatic heterocycles. The molecule has 1 aliphatic carbocycles. The number of methoxy groups -OCH3 is 1. The molecular formula is C17H15N7O2S. The highest BCUT2D eigenvalue weighted by atomic mass is 32.1. The zero-order valence-corrected chi connectivity index (χ0v) is 15.2. The van der Waals surface area contributed by atoms with Gasteiger partial charge in [-0.3, -0.25) is 19.4 Å². The Labute approximate surface area is 157 Å². The van der Waals surface area contributed by atoms with E-state index >= 15 is 0 Å². The quantitative estimate of drug-likeness (QED) is 0.550. The molecule has 0 unspecified atom stereocenters. The van der Waals surface area contributed by atoms with Gasteiger partial charge in [-0.15, -0.1) is 0 Å². The lowest BCUT2D eigenvalue weighted by Gasteiger charge is -2.09. The molecule has 5 rings (SSSR count). The fraction of sp³-hybridized carbons (Fsp3) is 0.235. The first-order valence-corrected chi connectivity index (χ1v) is 9.23. The molecule has 1 fully saturated rings. The van der Waals surface area contributed by atoms with E-state index in [4.69, 9.17) is 4.74 Å². The van der Waals surface area contributed by atoms with Crippen LogP contribution in [-0.2, 0) is 4.79 Å². The number of ether oxygens (including phenoxy) is 1. The van der Waals surface area contributed by atoms with E-state index in [0.29, 0.717) is 22.3 Å². The summed E-state index contributed by atoms with van der Waals surface area (Å²) < 4.78 is 8.12.